The number of hydrogen-bond donors (Lipinski definition) is 0. The molecule has 0 atom stereocenters. The molecule has 176 valence electrons. The molecule has 0 spiro atoms. The molecule has 0 radical (unpaired) electrons. The molecule has 32 heavy (non-hydrogen) atoms. The Balaban J connectivity index is 1.78. The Morgan fingerprint density at radius 2 is 1.50 bits per heavy atom. The first-order valence-corrected chi connectivity index (χ1v) is 12.2. The molecule has 2 rings (SSSR count). The molecule has 2 aromatic rings. The molecule has 5 heteroatoms. The highest BCUT2D eigenvalue weighted by atomic mass is 19.1. The van der Waals surface area contributed by atoms with Crippen molar-refractivity contribution >= 4 is 5.97 Å². The van der Waals surface area contributed by atoms with Gasteiger partial charge in [0.15, 0.2) is 0 Å². The van der Waals surface area contributed by atoms with E-state index < -0.39 is 0 Å². The highest BCUT2D eigenvalue weighted by molar-refractivity contribution is 5.72. The number of pyridine rings is 1. The molecule has 0 saturated carbocycles. The molecule has 1 aromatic carbocycles. The largest absolute Gasteiger partial charge is 0.493 e. The zero-order valence-electron chi connectivity index (χ0n) is 19.7. The smallest absolute Gasteiger partial charge is 0.311 e. The van der Waals surface area contributed by atoms with Crippen LogP contribution in [0.4, 0.5) is 4.39 Å². The molecular weight excluding hydrogens is 405 g/mol. The zero-order valence-corrected chi connectivity index (χ0v) is 19.7. The Morgan fingerprint density at radius 3 is 2.16 bits per heavy atom. The topological polar surface area (TPSA) is 48.4 Å². The molecule has 0 aliphatic carbocycles. The van der Waals surface area contributed by atoms with Crippen LogP contribution in [-0.4, -0.2) is 17.6 Å². The molecule has 0 bridgehead atoms. The Labute approximate surface area is 192 Å². The van der Waals surface area contributed by atoms with E-state index in [1.54, 1.807) is 24.3 Å². The van der Waals surface area contributed by atoms with Gasteiger partial charge in [0.05, 0.1) is 18.5 Å². The Bertz CT molecular complexity index is 792. The predicted molar refractivity (Wildman–Crippen MR) is 128 cm³/mol. The number of halogens is 1. The number of unbranched alkanes of at least 4 members (excludes halogenated alkanes) is 9. The number of carbonyl (C=O) groups is 1. The maximum Gasteiger partial charge on any atom is 0.311 e. The van der Waals surface area contributed by atoms with Crippen LogP contribution in [0.3, 0.4) is 0 Å². The number of carbonyl (C=O) groups excluding carboxylic acids is 1. The third-order valence-corrected chi connectivity index (χ3v) is 5.44. The molecule has 1 heterocycles. The maximum atomic E-state index is 14.6. The van der Waals surface area contributed by atoms with E-state index in [0.717, 1.165) is 32.1 Å². The van der Waals surface area contributed by atoms with E-state index in [1.807, 2.05) is 0 Å². The fourth-order valence-corrected chi connectivity index (χ4v) is 3.52. The first kappa shape index (κ1) is 25.8. The summed E-state index contributed by atoms with van der Waals surface area (Å²) in [6.07, 6.45) is 14.4. The quantitative estimate of drug-likeness (QED) is 0.195. The van der Waals surface area contributed by atoms with Gasteiger partial charge in [-0.15, -0.1) is 0 Å². The van der Waals surface area contributed by atoms with Crippen molar-refractivity contribution in [3.05, 3.63) is 42.3 Å². The van der Waals surface area contributed by atoms with Crippen molar-refractivity contribution in [2.24, 2.45) is 0 Å². The molecule has 0 saturated heterocycles. The van der Waals surface area contributed by atoms with Crippen molar-refractivity contribution in [3.8, 4) is 22.8 Å². The number of nitrogens with zero attached hydrogens (tertiary/aromatic N) is 1. The van der Waals surface area contributed by atoms with E-state index in [1.165, 1.54) is 50.8 Å². The molecule has 0 amide bonds. The van der Waals surface area contributed by atoms with E-state index in [9.17, 15) is 9.18 Å². The number of rotatable bonds is 16. The van der Waals surface area contributed by atoms with Crippen molar-refractivity contribution in [2.45, 2.75) is 90.9 Å². The van der Waals surface area contributed by atoms with E-state index in [4.69, 9.17) is 9.47 Å². The van der Waals surface area contributed by atoms with Gasteiger partial charge in [0, 0.05) is 18.1 Å². The minimum Gasteiger partial charge on any atom is -0.493 e. The Hall–Kier alpha value is -2.43. The SMILES string of the molecule is CCCCCCCCC(=O)Oc1ccc(-c2ccc(OCCCCCCC)cc2F)nc1. The van der Waals surface area contributed by atoms with Crippen LogP contribution >= 0.6 is 0 Å². The predicted octanol–water partition coefficient (Wildman–Crippen LogP) is 7.89. The third-order valence-electron chi connectivity index (χ3n) is 5.44. The van der Waals surface area contributed by atoms with Crippen LogP contribution < -0.4 is 9.47 Å². The van der Waals surface area contributed by atoms with Crippen LogP contribution in [0.25, 0.3) is 11.3 Å². The molecule has 0 N–H and O–H groups in total. The van der Waals surface area contributed by atoms with Crippen LogP contribution in [-0.2, 0) is 4.79 Å². The van der Waals surface area contributed by atoms with Gasteiger partial charge in [0.2, 0.25) is 0 Å². The first-order chi connectivity index (χ1) is 15.6. The lowest BCUT2D eigenvalue weighted by atomic mass is 10.1. The summed E-state index contributed by atoms with van der Waals surface area (Å²) in [5, 5.41) is 0. The van der Waals surface area contributed by atoms with E-state index in [-0.39, 0.29) is 11.8 Å². The van der Waals surface area contributed by atoms with E-state index >= 15 is 0 Å². The van der Waals surface area contributed by atoms with Crippen LogP contribution in [0.5, 0.6) is 11.5 Å². The van der Waals surface area contributed by atoms with Gasteiger partial charge >= 0.3 is 5.97 Å². The fraction of sp³-hybridized carbons (Fsp3) is 0.556. The molecule has 0 unspecified atom stereocenters. The lowest BCUT2D eigenvalue weighted by Gasteiger charge is -2.09. The van der Waals surface area contributed by atoms with Gasteiger partial charge in [-0.2, -0.15) is 0 Å². The van der Waals surface area contributed by atoms with Crippen molar-refractivity contribution in [3.63, 3.8) is 0 Å². The lowest BCUT2D eigenvalue weighted by Crippen LogP contribution is -2.07. The summed E-state index contributed by atoms with van der Waals surface area (Å²) in [5.41, 5.74) is 0.884. The second-order valence-electron chi connectivity index (χ2n) is 8.28. The standard InChI is InChI=1S/C27H38FNO3/c1-3-5-7-9-10-12-14-27(30)32-23-16-18-26(29-21-23)24-17-15-22(20-25(24)28)31-19-13-11-8-6-4-2/h15-18,20-21H,3-14,19H2,1-2H3. The van der Waals surface area contributed by atoms with Crippen LogP contribution in [0.1, 0.15) is 90.9 Å². The van der Waals surface area contributed by atoms with Gasteiger partial charge in [-0.1, -0.05) is 71.6 Å². The van der Waals surface area contributed by atoms with E-state index in [2.05, 4.69) is 18.8 Å². The number of hydrogen-bond acceptors (Lipinski definition) is 4. The molecule has 1 aromatic heterocycles. The second-order valence-corrected chi connectivity index (χ2v) is 8.28. The summed E-state index contributed by atoms with van der Waals surface area (Å²) in [5.74, 6) is 0.279. The minimum atomic E-state index is -0.381. The average molecular weight is 444 g/mol. The first-order valence-electron chi connectivity index (χ1n) is 12.2. The van der Waals surface area contributed by atoms with Gasteiger partial charge in [-0.25, -0.2) is 4.39 Å². The van der Waals surface area contributed by atoms with Gasteiger partial charge in [-0.05, 0) is 37.1 Å². The molecular formula is C27H38FNO3. The average Bonchev–Trinajstić information content (AvgIpc) is 2.79. The molecule has 0 fully saturated rings. The third kappa shape index (κ3) is 9.80. The van der Waals surface area contributed by atoms with Crippen molar-refractivity contribution in [2.75, 3.05) is 6.61 Å². The van der Waals surface area contributed by atoms with Gasteiger partial charge in [-0.3, -0.25) is 9.78 Å². The number of benzene rings is 1. The highest BCUT2D eigenvalue weighted by Crippen LogP contribution is 2.26. The molecule has 0 aliphatic rings. The summed E-state index contributed by atoms with van der Waals surface area (Å²) >= 11 is 0. The fourth-order valence-electron chi connectivity index (χ4n) is 3.52. The summed E-state index contributed by atoms with van der Waals surface area (Å²) in [7, 11) is 0. The van der Waals surface area contributed by atoms with Crippen molar-refractivity contribution in [1.29, 1.82) is 0 Å². The van der Waals surface area contributed by atoms with Crippen LogP contribution in [0.15, 0.2) is 36.5 Å². The van der Waals surface area contributed by atoms with Crippen LogP contribution in [0, 0.1) is 5.82 Å². The minimum absolute atomic E-state index is 0.252. The number of aromatic nitrogens is 1. The number of ether oxygens (including phenoxy) is 2. The lowest BCUT2D eigenvalue weighted by molar-refractivity contribution is -0.134. The Morgan fingerprint density at radius 1 is 0.844 bits per heavy atom. The normalized spacial score (nSPS) is 10.8. The van der Waals surface area contributed by atoms with Gasteiger partial charge < -0.3 is 9.47 Å². The van der Waals surface area contributed by atoms with Crippen LogP contribution in [0.2, 0.25) is 0 Å². The maximum absolute atomic E-state index is 14.6. The molecule has 4 nitrogen and oxygen atoms in total. The molecule has 0 aliphatic heterocycles. The van der Waals surface area contributed by atoms with Gasteiger partial charge in [0.25, 0.3) is 0 Å². The van der Waals surface area contributed by atoms with Crippen molar-refractivity contribution in [1.82, 2.24) is 4.98 Å². The zero-order chi connectivity index (χ0) is 23.0. The van der Waals surface area contributed by atoms with Gasteiger partial charge in [0.1, 0.15) is 17.3 Å². The summed E-state index contributed by atoms with van der Waals surface area (Å²) in [6.45, 7) is 4.97. The summed E-state index contributed by atoms with van der Waals surface area (Å²) in [4.78, 5) is 16.3. The monoisotopic (exact) mass is 443 g/mol. The summed E-state index contributed by atoms with van der Waals surface area (Å²) in [6, 6.07) is 8.16. The van der Waals surface area contributed by atoms with E-state index in [0.29, 0.717) is 35.8 Å². The summed E-state index contributed by atoms with van der Waals surface area (Å²) < 4.78 is 25.6. The Kier molecular flexibility index (Phi) is 12.4. The second kappa shape index (κ2) is 15.4. The highest BCUT2D eigenvalue weighted by Gasteiger charge is 2.10. The van der Waals surface area contributed by atoms with Crippen molar-refractivity contribution < 1.29 is 18.7 Å². The number of esters is 1.